The minimum Gasteiger partial charge on any atom is -0.457 e. The van der Waals surface area contributed by atoms with Gasteiger partial charge in [0.05, 0.1) is 33.2 Å². The third-order valence-electron chi connectivity index (χ3n) is 11.8. The molecule has 9 nitrogen and oxygen atoms in total. The highest BCUT2D eigenvalue weighted by Gasteiger charge is 2.73. The zero-order valence-electron chi connectivity index (χ0n) is 35.1. The number of anilines is 1. The quantitative estimate of drug-likeness (QED) is 0.0763. The van der Waals surface area contributed by atoms with Gasteiger partial charge in [0.25, 0.3) is 23.6 Å². The van der Waals surface area contributed by atoms with Gasteiger partial charge in [0.2, 0.25) is 5.41 Å². The number of hydrogen-bond acceptors (Lipinski definition) is 7. The molecule has 0 unspecified atom stereocenters. The third-order valence-corrected chi connectivity index (χ3v) is 14.9. The van der Waals surface area contributed by atoms with Crippen molar-refractivity contribution in [2.24, 2.45) is 0 Å². The van der Waals surface area contributed by atoms with Crippen LogP contribution >= 0.6 is 7.14 Å². The Morgan fingerprint density at radius 3 is 1.54 bits per heavy atom. The van der Waals surface area contributed by atoms with Gasteiger partial charge < -0.3 is 14.0 Å². The van der Waals surface area contributed by atoms with Crippen LogP contribution in [0.2, 0.25) is 0 Å². The van der Waals surface area contributed by atoms with Gasteiger partial charge in [0, 0.05) is 29.8 Å². The monoisotopic (exact) mass is 930 g/mol. The first-order valence-electron chi connectivity index (χ1n) is 20.4. The number of imide groups is 2. The second-order valence-corrected chi connectivity index (χ2v) is 18.5. The summed E-state index contributed by atoms with van der Waals surface area (Å²) in [4.78, 5) is 54.5. The lowest BCUT2D eigenvalue weighted by Gasteiger charge is -2.38. The minimum absolute atomic E-state index is 0.000373. The van der Waals surface area contributed by atoms with Gasteiger partial charge >= 0.3 is 12.4 Å². The average Bonchev–Trinajstić information content (AvgIpc) is 3.68. The van der Waals surface area contributed by atoms with E-state index in [4.69, 9.17) is 9.47 Å². The normalized spacial score (nSPS) is 14.1. The van der Waals surface area contributed by atoms with Crippen molar-refractivity contribution >= 4 is 52.4 Å². The van der Waals surface area contributed by atoms with E-state index in [1.54, 1.807) is 84.9 Å². The number of nitrogens with zero attached hydrogens (tertiary/aromatic N) is 2. The first-order valence-corrected chi connectivity index (χ1v) is 22.1. The van der Waals surface area contributed by atoms with Crippen LogP contribution in [-0.2, 0) is 9.98 Å². The van der Waals surface area contributed by atoms with E-state index in [-0.39, 0.29) is 28.1 Å². The molecule has 7 aromatic rings. The Balaban J connectivity index is 1.12. The maximum atomic E-state index is 15.6. The molecule has 0 spiro atoms. The van der Waals surface area contributed by atoms with E-state index in [0.717, 1.165) is 18.7 Å². The molecule has 0 atom stereocenters. The number of carbonyl (C=O) groups is 4. The molecule has 16 heteroatoms. The van der Waals surface area contributed by atoms with Crippen LogP contribution in [0.25, 0.3) is 0 Å². The van der Waals surface area contributed by atoms with Crippen LogP contribution in [-0.4, -0.2) is 47.9 Å². The summed E-state index contributed by atoms with van der Waals surface area (Å²) < 4.78 is 120. The first-order chi connectivity index (χ1) is 31.8. The van der Waals surface area contributed by atoms with E-state index in [1.165, 1.54) is 30.3 Å². The lowest BCUT2D eigenvalue weighted by molar-refractivity contribution is -0.288. The average molecular weight is 931 g/mol. The summed E-state index contributed by atoms with van der Waals surface area (Å²) in [6.45, 7) is 1.92. The number of fused-ring (bicyclic) bond motifs is 2. The Hall–Kier alpha value is -7.77. The molecular weight excluding hydrogens is 898 g/mol. The second-order valence-electron chi connectivity index (χ2n) is 15.8. The molecule has 2 aliphatic heterocycles. The number of rotatable bonds is 10. The SMILES string of the molecule is Cc1ccc(Oc2ccc(P(=O)(c3ccccc3)c3ccccc3)c(Oc3cccc(N4C(=O)c5ccc(C(c6ccc7c(c6)C(=O)N(C)C7=O)(C(F)(F)F)C(F)(F)F)cc5C4=O)c3)c2)cc1. The van der Waals surface area contributed by atoms with Gasteiger partial charge in [-0.2, -0.15) is 26.3 Å². The number of benzene rings is 7. The predicted octanol–water partition coefficient (Wildman–Crippen LogP) is 10.7. The fourth-order valence-corrected chi connectivity index (χ4v) is 11.2. The minimum atomic E-state index is -6.13. The fraction of sp³-hybridized carbons (Fsp3) is 0.0980. The maximum Gasteiger partial charge on any atom is 0.411 e. The number of hydrogen-bond donors (Lipinski definition) is 0. The van der Waals surface area contributed by atoms with Crippen LogP contribution in [0.1, 0.15) is 58.1 Å². The predicted molar refractivity (Wildman–Crippen MR) is 237 cm³/mol. The van der Waals surface area contributed by atoms with Gasteiger partial charge in [-0.1, -0.05) is 96.6 Å². The van der Waals surface area contributed by atoms with Crippen molar-refractivity contribution in [1.29, 1.82) is 0 Å². The molecule has 336 valence electrons. The van der Waals surface area contributed by atoms with Crippen LogP contribution in [0.3, 0.4) is 0 Å². The molecule has 2 aliphatic rings. The van der Waals surface area contributed by atoms with E-state index >= 15 is 30.9 Å². The summed E-state index contributed by atoms with van der Waals surface area (Å²) in [5.41, 5.74) is -9.16. The van der Waals surface area contributed by atoms with E-state index in [2.05, 4.69) is 0 Å². The lowest BCUT2D eigenvalue weighted by atomic mass is 9.71. The van der Waals surface area contributed by atoms with E-state index < -0.39 is 76.4 Å². The van der Waals surface area contributed by atoms with Crippen molar-refractivity contribution in [3.8, 4) is 23.0 Å². The standard InChI is InChI=1S/C51H33F6N2O7P/c1-30-16-20-34(21-17-30)65-36-22-25-44(67(64,37-12-5-3-6-13-37)38-14-7-4-8-15-38)43(29-36)66-35-11-9-10-33(28-35)59-47(62)40-24-19-32(27-42(40)48(59)63)49(50(52,53)54,51(55,56)57)31-18-23-39-41(26-31)46(61)58(2)45(39)60/h3-29H,1-2H3. The van der Waals surface area contributed by atoms with Crippen LogP contribution in [0.15, 0.2) is 164 Å². The summed E-state index contributed by atoms with van der Waals surface area (Å²) in [7, 11) is -2.69. The Kier molecular flexibility index (Phi) is 10.8. The highest BCUT2D eigenvalue weighted by Crippen LogP contribution is 2.57. The summed E-state index contributed by atoms with van der Waals surface area (Å²) in [6, 6.07) is 38.1. The lowest BCUT2D eigenvalue weighted by Crippen LogP contribution is -2.55. The van der Waals surface area contributed by atoms with Crippen molar-refractivity contribution in [3.05, 3.63) is 203 Å². The number of ether oxygens (including phenoxy) is 2. The summed E-state index contributed by atoms with van der Waals surface area (Å²) in [5.74, 6) is -3.45. The highest BCUT2D eigenvalue weighted by atomic mass is 31.2. The molecule has 7 aromatic carbocycles. The molecule has 0 aromatic heterocycles. The summed E-state index contributed by atoms with van der Waals surface area (Å²) in [5, 5.41) is 1.21. The summed E-state index contributed by atoms with van der Waals surface area (Å²) in [6.07, 6.45) is -12.3. The van der Waals surface area contributed by atoms with Crippen LogP contribution in [0.4, 0.5) is 32.0 Å². The van der Waals surface area contributed by atoms with Crippen molar-refractivity contribution in [1.82, 2.24) is 4.90 Å². The number of amides is 4. The van der Waals surface area contributed by atoms with Crippen molar-refractivity contribution < 1.29 is 59.6 Å². The molecule has 2 heterocycles. The molecule has 0 fully saturated rings. The Labute approximate surface area is 378 Å². The topological polar surface area (TPSA) is 110 Å². The fourth-order valence-electron chi connectivity index (χ4n) is 8.44. The van der Waals surface area contributed by atoms with Gasteiger partial charge in [-0.25, -0.2) is 4.90 Å². The zero-order valence-corrected chi connectivity index (χ0v) is 36.0. The third kappa shape index (κ3) is 7.26. The Bertz CT molecular complexity index is 3160. The molecule has 0 aliphatic carbocycles. The molecule has 0 saturated heterocycles. The van der Waals surface area contributed by atoms with Crippen molar-refractivity contribution in [2.75, 3.05) is 11.9 Å². The molecule has 0 N–H and O–H groups in total. The highest BCUT2D eigenvalue weighted by molar-refractivity contribution is 7.85. The molecule has 0 saturated carbocycles. The smallest absolute Gasteiger partial charge is 0.411 e. The number of aryl methyl sites for hydroxylation is 1. The van der Waals surface area contributed by atoms with Gasteiger partial charge in [-0.05, 0) is 78.7 Å². The first kappa shape index (κ1) is 44.4. The second kappa shape index (κ2) is 16.3. The van der Waals surface area contributed by atoms with Gasteiger partial charge in [0.15, 0.2) is 7.14 Å². The molecule has 0 radical (unpaired) electrons. The van der Waals surface area contributed by atoms with Crippen LogP contribution in [0, 0.1) is 6.92 Å². The molecule has 67 heavy (non-hydrogen) atoms. The van der Waals surface area contributed by atoms with Gasteiger partial charge in [0.1, 0.15) is 23.0 Å². The Morgan fingerprint density at radius 2 is 0.970 bits per heavy atom. The largest absolute Gasteiger partial charge is 0.457 e. The van der Waals surface area contributed by atoms with Gasteiger partial charge in [-0.15, -0.1) is 0 Å². The zero-order chi connectivity index (χ0) is 47.6. The molecule has 0 bridgehead atoms. The molecule has 9 rings (SSSR count). The Morgan fingerprint density at radius 1 is 0.478 bits per heavy atom. The number of carbonyl (C=O) groups excluding carboxylic acids is 4. The van der Waals surface area contributed by atoms with Gasteiger partial charge in [-0.3, -0.25) is 24.1 Å². The maximum absolute atomic E-state index is 15.6. The van der Waals surface area contributed by atoms with E-state index in [0.29, 0.717) is 62.2 Å². The van der Waals surface area contributed by atoms with Crippen LogP contribution < -0.4 is 30.3 Å². The van der Waals surface area contributed by atoms with Crippen molar-refractivity contribution in [3.63, 3.8) is 0 Å². The molecule has 4 amide bonds. The molecular formula is C51H33F6N2O7P. The van der Waals surface area contributed by atoms with Crippen molar-refractivity contribution in [2.45, 2.75) is 24.7 Å². The number of halogens is 6. The van der Waals surface area contributed by atoms with E-state index in [1.807, 2.05) is 19.1 Å². The number of alkyl halides is 6. The van der Waals surface area contributed by atoms with E-state index in [9.17, 15) is 19.2 Å². The van der Waals surface area contributed by atoms with Crippen LogP contribution in [0.5, 0.6) is 23.0 Å². The summed E-state index contributed by atoms with van der Waals surface area (Å²) >= 11 is 0.